The molecule has 2 aromatic heterocycles. The highest BCUT2D eigenvalue weighted by Crippen LogP contribution is 2.15. The van der Waals surface area contributed by atoms with Gasteiger partial charge in [0.05, 0.1) is 17.4 Å². The topological polar surface area (TPSA) is 69.6 Å². The van der Waals surface area contributed by atoms with Crippen molar-refractivity contribution in [2.75, 3.05) is 0 Å². The second-order valence-corrected chi connectivity index (χ2v) is 4.88. The molecule has 2 unspecified atom stereocenters. The van der Waals surface area contributed by atoms with Crippen LogP contribution in [0.2, 0.25) is 0 Å². The highest BCUT2D eigenvalue weighted by Gasteiger charge is 2.12. The Morgan fingerprint density at radius 1 is 1.37 bits per heavy atom. The van der Waals surface area contributed by atoms with E-state index in [4.69, 9.17) is 5.73 Å². The van der Waals surface area contributed by atoms with E-state index in [1.807, 2.05) is 29.9 Å². The summed E-state index contributed by atoms with van der Waals surface area (Å²) in [5.74, 6) is 0.748. The molecular weight excluding hydrogens is 238 g/mol. The van der Waals surface area contributed by atoms with Crippen LogP contribution >= 0.6 is 0 Å². The lowest BCUT2D eigenvalue weighted by molar-refractivity contribution is 0.471. The first-order valence-electron chi connectivity index (χ1n) is 6.69. The molecule has 19 heavy (non-hydrogen) atoms. The maximum Gasteiger partial charge on any atom is 0.125 e. The first kappa shape index (κ1) is 13.7. The zero-order valence-electron chi connectivity index (χ0n) is 11.7. The van der Waals surface area contributed by atoms with Gasteiger partial charge in [0.25, 0.3) is 0 Å². The van der Waals surface area contributed by atoms with E-state index in [-0.39, 0.29) is 6.04 Å². The Kier molecular flexibility index (Phi) is 4.27. The molecule has 2 atom stereocenters. The summed E-state index contributed by atoms with van der Waals surface area (Å²) in [6.45, 7) is 6.18. The number of rotatable bonds is 5. The molecule has 0 aliphatic rings. The summed E-state index contributed by atoms with van der Waals surface area (Å²) in [7, 11) is 0. The van der Waals surface area contributed by atoms with Crippen molar-refractivity contribution in [3.63, 3.8) is 0 Å². The Morgan fingerprint density at radius 2 is 2.16 bits per heavy atom. The van der Waals surface area contributed by atoms with Crippen LogP contribution in [0.15, 0.2) is 24.5 Å². The van der Waals surface area contributed by atoms with Crippen LogP contribution in [0.1, 0.15) is 49.6 Å². The molecule has 5 nitrogen and oxygen atoms in total. The van der Waals surface area contributed by atoms with Crippen LogP contribution in [-0.2, 0) is 6.42 Å². The number of hydrogen-bond acceptors (Lipinski definition) is 4. The summed E-state index contributed by atoms with van der Waals surface area (Å²) in [6, 6.07) is 4.18. The molecule has 0 saturated carbocycles. The van der Waals surface area contributed by atoms with E-state index < -0.39 is 0 Å². The van der Waals surface area contributed by atoms with Crippen LogP contribution in [0, 0.1) is 6.92 Å². The maximum absolute atomic E-state index is 6.17. The summed E-state index contributed by atoms with van der Waals surface area (Å²) in [4.78, 5) is 8.44. The Bertz CT molecular complexity index is 534. The average Bonchev–Trinajstić information content (AvgIpc) is 2.86. The largest absolute Gasteiger partial charge is 0.322 e. The van der Waals surface area contributed by atoms with Crippen molar-refractivity contribution >= 4 is 0 Å². The quantitative estimate of drug-likeness (QED) is 0.893. The van der Waals surface area contributed by atoms with Gasteiger partial charge in [-0.05, 0) is 32.4 Å². The van der Waals surface area contributed by atoms with Gasteiger partial charge in [0.2, 0.25) is 0 Å². The van der Waals surface area contributed by atoms with E-state index >= 15 is 0 Å². The fourth-order valence-corrected chi connectivity index (χ4v) is 1.93. The SMILES string of the molecule is CCC(C)n1ccc(CC(N)c2ccnc(C)n2)n1. The predicted molar refractivity (Wildman–Crippen MR) is 74.6 cm³/mol. The van der Waals surface area contributed by atoms with Crippen LogP contribution in [0.25, 0.3) is 0 Å². The lowest BCUT2D eigenvalue weighted by Crippen LogP contribution is -2.16. The molecule has 102 valence electrons. The minimum atomic E-state index is -0.137. The molecule has 0 radical (unpaired) electrons. The molecule has 0 bridgehead atoms. The zero-order chi connectivity index (χ0) is 13.8. The number of hydrogen-bond donors (Lipinski definition) is 1. The van der Waals surface area contributed by atoms with Crippen LogP contribution in [0.5, 0.6) is 0 Å². The van der Waals surface area contributed by atoms with Gasteiger partial charge in [0.1, 0.15) is 5.82 Å². The molecule has 0 aliphatic carbocycles. The normalized spacial score (nSPS) is 14.3. The van der Waals surface area contributed by atoms with Gasteiger partial charge in [-0.2, -0.15) is 5.10 Å². The van der Waals surface area contributed by atoms with Crippen molar-refractivity contribution in [2.45, 2.75) is 45.7 Å². The van der Waals surface area contributed by atoms with Crippen molar-refractivity contribution in [1.82, 2.24) is 19.7 Å². The summed E-state index contributed by atoms with van der Waals surface area (Å²) >= 11 is 0. The fraction of sp³-hybridized carbons (Fsp3) is 0.500. The third kappa shape index (κ3) is 3.38. The van der Waals surface area contributed by atoms with Gasteiger partial charge in [0.15, 0.2) is 0 Å². The van der Waals surface area contributed by atoms with Crippen LogP contribution in [-0.4, -0.2) is 19.7 Å². The lowest BCUT2D eigenvalue weighted by Gasteiger charge is -2.10. The van der Waals surface area contributed by atoms with E-state index in [1.54, 1.807) is 6.20 Å². The molecule has 0 spiro atoms. The number of nitrogens with two attached hydrogens (primary N) is 1. The zero-order valence-corrected chi connectivity index (χ0v) is 11.7. The number of aromatic nitrogens is 4. The van der Waals surface area contributed by atoms with Crippen molar-refractivity contribution in [3.05, 3.63) is 41.7 Å². The molecule has 0 saturated heterocycles. The van der Waals surface area contributed by atoms with E-state index in [2.05, 4.69) is 28.9 Å². The molecule has 0 fully saturated rings. The molecule has 2 heterocycles. The monoisotopic (exact) mass is 259 g/mol. The van der Waals surface area contributed by atoms with Gasteiger partial charge < -0.3 is 5.73 Å². The van der Waals surface area contributed by atoms with Gasteiger partial charge in [-0.25, -0.2) is 9.97 Å². The van der Waals surface area contributed by atoms with Gasteiger partial charge in [-0.1, -0.05) is 6.92 Å². The van der Waals surface area contributed by atoms with Gasteiger partial charge in [-0.15, -0.1) is 0 Å². The van der Waals surface area contributed by atoms with Gasteiger partial charge in [-0.3, -0.25) is 4.68 Å². The molecule has 2 rings (SSSR count). The number of aryl methyl sites for hydroxylation is 1. The summed E-state index contributed by atoms with van der Waals surface area (Å²) in [5.41, 5.74) is 8.04. The van der Waals surface area contributed by atoms with Crippen LogP contribution in [0.4, 0.5) is 0 Å². The van der Waals surface area contributed by atoms with E-state index in [1.165, 1.54) is 0 Å². The van der Waals surface area contributed by atoms with Crippen molar-refractivity contribution in [3.8, 4) is 0 Å². The molecule has 2 N–H and O–H groups in total. The van der Waals surface area contributed by atoms with Gasteiger partial charge in [0, 0.05) is 24.9 Å². The second-order valence-electron chi connectivity index (χ2n) is 4.88. The molecule has 0 aliphatic heterocycles. The standard InChI is InChI=1S/C14H21N5/c1-4-10(2)19-8-6-12(18-19)9-13(15)14-5-7-16-11(3)17-14/h5-8,10,13H,4,9,15H2,1-3H3. The van der Waals surface area contributed by atoms with Crippen LogP contribution < -0.4 is 5.73 Å². The highest BCUT2D eigenvalue weighted by molar-refractivity contribution is 5.11. The van der Waals surface area contributed by atoms with E-state index in [9.17, 15) is 0 Å². The molecule has 0 aromatic carbocycles. The Hall–Kier alpha value is -1.75. The van der Waals surface area contributed by atoms with E-state index in [0.717, 1.165) is 23.6 Å². The van der Waals surface area contributed by atoms with Crippen LogP contribution in [0.3, 0.4) is 0 Å². The first-order chi connectivity index (χ1) is 9.10. The smallest absolute Gasteiger partial charge is 0.125 e. The molecule has 0 amide bonds. The minimum absolute atomic E-state index is 0.137. The highest BCUT2D eigenvalue weighted by atomic mass is 15.3. The van der Waals surface area contributed by atoms with E-state index in [0.29, 0.717) is 12.5 Å². The Balaban J connectivity index is 2.06. The van der Waals surface area contributed by atoms with Crippen molar-refractivity contribution < 1.29 is 0 Å². The molecule has 2 aromatic rings. The molecular formula is C14H21N5. The first-order valence-corrected chi connectivity index (χ1v) is 6.69. The lowest BCUT2D eigenvalue weighted by atomic mass is 10.1. The van der Waals surface area contributed by atoms with Crippen molar-refractivity contribution in [2.24, 2.45) is 5.73 Å². The summed E-state index contributed by atoms with van der Waals surface area (Å²) < 4.78 is 1.99. The Labute approximate surface area is 113 Å². The minimum Gasteiger partial charge on any atom is -0.322 e. The predicted octanol–water partition coefficient (Wildman–Crippen LogP) is 2.20. The van der Waals surface area contributed by atoms with Crippen molar-refractivity contribution in [1.29, 1.82) is 0 Å². The number of nitrogens with zero attached hydrogens (tertiary/aromatic N) is 4. The summed E-state index contributed by atoms with van der Waals surface area (Å²) in [5, 5.41) is 4.56. The molecule has 5 heteroatoms. The van der Waals surface area contributed by atoms with Gasteiger partial charge >= 0.3 is 0 Å². The second kappa shape index (κ2) is 5.93. The third-order valence-corrected chi connectivity index (χ3v) is 3.31. The third-order valence-electron chi connectivity index (χ3n) is 3.31. The Morgan fingerprint density at radius 3 is 2.84 bits per heavy atom. The maximum atomic E-state index is 6.17. The fourth-order valence-electron chi connectivity index (χ4n) is 1.93. The average molecular weight is 259 g/mol. The summed E-state index contributed by atoms with van der Waals surface area (Å²) in [6.07, 6.45) is 5.52.